The van der Waals surface area contributed by atoms with Crippen LogP contribution < -0.4 is 0 Å². The van der Waals surface area contributed by atoms with Crippen molar-refractivity contribution in [2.75, 3.05) is 6.61 Å². The average molecular weight is 344 g/mol. The van der Waals surface area contributed by atoms with Gasteiger partial charge in [-0.05, 0) is 19.1 Å². The summed E-state index contributed by atoms with van der Waals surface area (Å²) in [6, 6.07) is 7.36. The molecule has 9 nitrogen and oxygen atoms in total. The predicted octanol–water partition coefficient (Wildman–Crippen LogP) is 2.28. The molecule has 0 aromatic heterocycles. The van der Waals surface area contributed by atoms with Gasteiger partial charge >= 0.3 is 0 Å². The fourth-order valence-electron chi connectivity index (χ4n) is 2.51. The zero-order chi connectivity index (χ0) is 18.7. The van der Waals surface area contributed by atoms with Crippen molar-refractivity contribution >= 4 is 22.9 Å². The Hall–Kier alpha value is -3.46. The highest BCUT2D eigenvalue weighted by Gasteiger charge is 2.39. The number of carbonyl (C=O) groups is 2. The molecule has 0 fully saturated rings. The summed E-state index contributed by atoms with van der Waals surface area (Å²) in [5, 5.41) is 29.7. The summed E-state index contributed by atoms with van der Waals surface area (Å²) in [7, 11) is 0. The van der Waals surface area contributed by atoms with Crippen molar-refractivity contribution in [2.45, 2.75) is 6.92 Å². The van der Waals surface area contributed by atoms with E-state index >= 15 is 0 Å². The lowest BCUT2D eigenvalue weighted by atomic mass is 9.82. The molecule has 0 radical (unpaired) electrons. The third kappa shape index (κ3) is 3.00. The van der Waals surface area contributed by atoms with Crippen LogP contribution in [0.1, 0.15) is 38.8 Å². The first-order valence-electron chi connectivity index (χ1n) is 7.10. The van der Waals surface area contributed by atoms with Gasteiger partial charge in [-0.25, -0.2) is 0 Å². The Morgan fingerprint density at radius 3 is 1.52 bits per heavy atom. The summed E-state index contributed by atoms with van der Waals surface area (Å²) >= 11 is 0. The van der Waals surface area contributed by atoms with E-state index in [1.54, 1.807) is 6.92 Å². The van der Waals surface area contributed by atoms with Crippen molar-refractivity contribution in [1.82, 2.24) is 0 Å². The molecule has 2 aromatic rings. The molecule has 0 saturated carbocycles. The van der Waals surface area contributed by atoms with Crippen molar-refractivity contribution < 1.29 is 24.5 Å². The lowest BCUT2D eigenvalue weighted by Crippen LogP contribution is -2.23. The minimum Gasteiger partial charge on any atom is -0.397 e. The molecule has 1 aliphatic rings. The molecule has 0 amide bonds. The van der Waals surface area contributed by atoms with E-state index in [-0.39, 0.29) is 17.7 Å². The molecule has 0 atom stereocenters. The Labute approximate surface area is 140 Å². The van der Waals surface area contributed by atoms with Gasteiger partial charge in [-0.1, -0.05) is 12.1 Å². The fraction of sp³-hybridized carbons (Fsp3) is 0.125. The first-order chi connectivity index (χ1) is 11.8. The van der Waals surface area contributed by atoms with Crippen LogP contribution in [0.2, 0.25) is 0 Å². The van der Waals surface area contributed by atoms with Crippen molar-refractivity contribution in [3.63, 3.8) is 0 Å². The quantitative estimate of drug-likeness (QED) is 0.555. The SMILES string of the molecule is CCO.O=C1c2cccc([N+](=O)[O-])c2C(=O)c2c1cccc2[N+](=O)[O-]. The van der Waals surface area contributed by atoms with Crippen LogP contribution in [-0.2, 0) is 0 Å². The number of aliphatic hydroxyl groups excluding tert-OH is 1. The van der Waals surface area contributed by atoms with Gasteiger partial charge in [0, 0.05) is 29.9 Å². The number of hydrogen-bond acceptors (Lipinski definition) is 7. The van der Waals surface area contributed by atoms with E-state index in [1.165, 1.54) is 24.3 Å². The third-order valence-electron chi connectivity index (χ3n) is 3.42. The van der Waals surface area contributed by atoms with Crippen LogP contribution in [0.5, 0.6) is 0 Å². The summed E-state index contributed by atoms with van der Waals surface area (Å²) in [6.07, 6.45) is 0. The van der Waals surface area contributed by atoms with E-state index in [2.05, 4.69) is 0 Å². The first-order valence-corrected chi connectivity index (χ1v) is 7.10. The summed E-state index contributed by atoms with van der Waals surface area (Å²) in [5.74, 6) is -1.53. The molecule has 25 heavy (non-hydrogen) atoms. The first kappa shape index (κ1) is 17.9. The molecule has 3 rings (SSSR count). The van der Waals surface area contributed by atoms with Crippen LogP contribution >= 0.6 is 0 Å². The van der Waals surface area contributed by atoms with Crippen molar-refractivity contribution in [3.05, 3.63) is 78.9 Å². The third-order valence-corrected chi connectivity index (χ3v) is 3.42. The molecule has 2 aromatic carbocycles. The van der Waals surface area contributed by atoms with Crippen molar-refractivity contribution in [3.8, 4) is 0 Å². The monoisotopic (exact) mass is 344 g/mol. The fourth-order valence-corrected chi connectivity index (χ4v) is 2.51. The van der Waals surface area contributed by atoms with Crippen molar-refractivity contribution in [2.24, 2.45) is 0 Å². The van der Waals surface area contributed by atoms with Crippen LogP contribution in [0, 0.1) is 20.2 Å². The van der Waals surface area contributed by atoms with Gasteiger partial charge in [0.15, 0.2) is 5.78 Å². The second kappa shape index (κ2) is 6.97. The summed E-state index contributed by atoms with van der Waals surface area (Å²) < 4.78 is 0. The summed E-state index contributed by atoms with van der Waals surface area (Å²) in [4.78, 5) is 45.5. The standard InChI is InChI=1S/C14H6N2O6.C2H6O/c17-13-7-3-1-5-9(15(19)20)11(7)14(18)12-8(13)4-2-6-10(12)16(21)22;1-2-3/h1-6H;3H,2H2,1H3. The zero-order valence-electron chi connectivity index (χ0n) is 13.0. The highest BCUT2D eigenvalue weighted by Crippen LogP contribution is 2.36. The van der Waals surface area contributed by atoms with Crippen LogP contribution in [-0.4, -0.2) is 33.1 Å². The van der Waals surface area contributed by atoms with Gasteiger partial charge in [0.05, 0.1) is 9.85 Å². The molecule has 1 aliphatic carbocycles. The highest BCUT2D eigenvalue weighted by molar-refractivity contribution is 6.31. The van der Waals surface area contributed by atoms with Gasteiger partial charge in [-0.2, -0.15) is 0 Å². The van der Waals surface area contributed by atoms with Gasteiger partial charge in [-0.3, -0.25) is 29.8 Å². The molecule has 0 saturated heterocycles. The highest BCUT2D eigenvalue weighted by atomic mass is 16.6. The molecule has 0 bridgehead atoms. The molecule has 0 spiro atoms. The zero-order valence-corrected chi connectivity index (χ0v) is 13.0. The average Bonchev–Trinajstić information content (AvgIpc) is 2.58. The lowest BCUT2D eigenvalue weighted by molar-refractivity contribution is -0.385. The second-order valence-electron chi connectivity index (χ2n) is 4.89. The Balaban J connectivity index is 0.000000701. The van der Waals surface area contributed by atoms with Crippen LogP contribution in [0.25, 0.3) is 0 Å². The number of hydrogen-bond donors (Lipinski definition) is 1. The molecule has 0 aliphatic heterocycles. The number of carbonyl (C=O) groups excluding carboxylic acids is 2. The number of nitro groups is 2. The minimum atomic E-state index is -0.885. The number of ketones is 2. The molecule has 0 heterocycles. The molecule has 128 valence electrons. The van der Waals surface area contributed by atoms with E-state index in [1.807, 2.05) is 0 Å². The van der Waals surface area contributed by atoms with Crippen molar-refractivity contribution in [1.29, 1.82) is 0 Å². The van der Waals surface area contributed by atoms with E-state index in [9.17, 15) is 29.8 Å². The maximum Gasteiger partial charge on any atom is 0.281 e. The molecule has 1 N–H and O–H groups in total. The number of rotatable bonds is 2. The molecule has 9 heteroatoms. The summed E-state index contributed by atoms with van der Waals surface area (Å²) in [5.41, 5.74) is -2.13. The van der Waals surface area contributed by atoms with Crippen LogP contribution in [0.3, 0.4) is 0 Å². The van der Waals surface area contributed by atoms with Gasteiger partial charge < -0.3 is 5.11 Å². The second-order valence-corrected chi connectivity index (χ2v) is 4.89. The van der Waals surface area contributed by atoms with E-state index < -0.39 is 43.9 Å². The predicted molar refractivity (Wildman–Crippen MR) is 85.8 cm³/mol. The molecular formula is C16H12N2O7. The Morgan fingerprint density at radius 2 is 1.20 bits per heavy atom. The van der Waals surface area contributed by atoms with Gasteiger partial charge in [-0.15, -0.1) is 0 Å². The Kier molecular flexibility index (Phi) is 4.99. The maximum absolute atomic E-state index is 12.5. The number of fused-ring (bicyclic) bond motifs is 2. The largest absolute Gasteiger partial charge is 0.397 e. The lowest BCUT2D eigenvalue weighted by Gasteiger charge is -2.16. The number of aliphatic hydroxyl groups is 1. The van der Waals surface area contributed by atoms with E-state index in [0.29, 0.717) is 0 Å². The van der Waals surface area contributed by atoms with E-state index in [4.69, 9.17) is 5.11 Å². The Morgan fingerprint density at radius 1 is 0.840 bits per heavy atom. The minimum absolute atomic E-state index is 0.118. The Bertz CT molecular complexity index is 836. The van der Waals surface area contributed by atoms with Crippen LogP contribution in [0.15, 0.2) is 36.4 Å². The molecular weight excluding hydrogens is 332 g/mol. The van der Waals surface area contributed by atoms with Gasteiger partial charge in [0.1, 0.15) is 11.1 Å². The smallest absolute Gasteiger partial charge is 0.281 e. The van der Waals surface area contributed by atoms with Gasteiger partial charge in [0.2, 0.25) is 5.78 Å². The molecule has 0 unspecified atom stereocenters. The topological polar surface area (TPSA) is 141 Å². The van der Waals surface area contributed by atoms with E-state index in [0.717, 1.165) is 12.1 Å². The van der Waals surface area contributed by atoms with Gasteiger partial charge in [0.25, 0.3) is 11.4 Å². The normalized spacial score (nSPS) is 11.8. The van der Waals surface area contributed by atoms with Crippen LogP contribution in [0.4, 0.5) is 11.4 Å². The number of nitrogens with zero attached hydrogens (tertiary/aromatic N) is 2. The summed E-state index contributed by atoms with van der Waals surface area (Å²) in [6.45, 7) is 1.93. The number of benzene rings is 2. The number of nitro benzene ring substituents is 2. The maximum atomic E-state index is 12.5.